The molecule has 1 aliphatic carbocycles. The van der Waals surface area contributed by atoms with Gasteiger partial charge in [0.05, 0.1) is 28.2 Å². The molecule has 0 radical (unpaired) electrons. The van der Waals surface area contributed by atoms with Crippen molar-refractivity contribution in [1.82, 2.24) is 19.7 Å². The molecule has 2 N–H and O–H groups in total. The van der Waals surface area contributed by atoms with Crippen molar-refractivity contribution in [2.24, 2.45) is 0 Å². The van der Waals surface area contributed by atoms with Crippen LogP contribution >= 0.6 is 23.2 Å². The molecule has 0 spiro atoms. The highest BCUT2D eigenvalue weighted by Crippen LogP contribution is 2.58. The van der Waals surface area contributed by atoms with Crippen molar-refractivity contribution >= 4 is 45.8 Å². The van der Waals surface area contributed by atoms with Crippen LogP contribution < -0.4 is 20.5 Å². The summed E-state index contributed by atoms with van der Waals surface area (Å²) in [5.74, 6) is -1.91. The number of anilines is 1. The maximum atomic E-state index is 13.9. The van der Waals surface area contributed by atoms with E-state index in [1.54, 1.807) is 0 Å². The summed E-state index contributed by atoms with van der Waals surface area (Å²) in [4.78, 5) is 29.4. The molecule has 4 aromatic rings. The predicted molar refractivity (Wildman–Crippen MR) is 121 cm³/mol. The lowest BCUT2D eigenvalue weighted by Gasteiger charge is -2.23. The van der Waals surface area contributed by atoms with Gasteiger partial charge in [0.25, 0.3) is 11.9 Å². The molecule has 0 unspecified atom stereocenters. The SMILES string of the molecule is COc1nc2ccc(Oc3c(Cl)cc(NC(=O)c4noc(=O)[nH]4)cc3Cl)cc2n1C1(C(F)(F)F)CC1. The number of alkyl halides is 3. The number of hydrogen-bond acceptors (Lipinski definition) is 7. The average molecular weight is 544 g/mol. The van der Waals surface area contributed by atoms with E-state index in [0.717, 1.165) is 4.57 Å². The smallest absolute Gasteiger partial charge is 0.439 e. The standard InChI is InChI=1S/C21H14Cl2F3N5O5/c1-34-18-28-13-3-2-10(8-14(13)31(18)20(4-5-20)21(24,25)26)35-15-11(22)6-9(7-12(15)23)27-17(32)16-29-19(33)36-30-16/h2-3,6-8H,4-5H2,1H3,(H,27,32)(H,29,30,33). The number of aromatic nitrogens is 4. The number of halogens is 5. The maximum absolute atomic E-state index is 13.9. The second-order valence-electron chi connectivity index (χ2n) is 7.88. The number of hydrogen-bond donors (Lipinski definition) is 2. The molecular formula is C21H14Cl2F3N5O5. The summed E-state index contributed by atoms with van der Waals surface area (Å²) in [6.45, 7) is 0. The first-order chi connectivity index (χ1) is 17.0. The van der Waals surface area contributed by atoms with Crippen LogP contribution in [0.2, 0.25) is 10.0 Å². The van der Waals surface area contributed by atoms with Crippen molar-refractivity contribution in [2.75, 3.05) is 12.4 Å². The predicted octanol–water partition coefficient (Wildman–Crippen LogP) is 5.12. The molecule has 1 amide bonds. The molecule has 2 aromatic carbocycles. The molecule has 2 aromatic heterocycles. The van der Waals surface area contributed by atoms with Gasteiger partial charge in [0.2, 0.25) is 5.82 Å². The topological polar surface area (TPSA) is 124 Å². The molecule has 188 valence electrons. The molecule has 0 saturated heterocycles. The van der Waals surface area contributed by atoms with Crippen molar-refractivity contribution in [3.8, 4) is 17.5 Å². The quantitative estimate of drug-likeness (QED) is 0.345. The summed E-state index contributed by atoms with van der Waals surface area (Å²) in [7, 11) is 1.25. The summed E-state index contributed by atoms with van der Waals surface area (Å²) in [5, 5.41) is 5.69. The number of methoxy groups -OCH3 is 1. The zero-order chi connectivity index (χ0) is 25.8. The number of amides is 1. The van der Waals surface area contributed by atoms with Gasteiger partial charge < -0.3 is 14.8 Å². The van der Waals surface area contributed by atoms with E-state index >= 15 is 0 Å². The van der Waals surface area contributed by atoms with Crippen molar-refractivity contribution in [2.45, 2.75) is 24.6 Å². The Hall–Kier alpha value is -3.71. The number of rotatable bonds is 6. The molecule has 0 aliphatic heterocycles. The molecule has 0 atom stereocenters. The largest absolute Gasteiger partial charge is 0.468 e. The second kappa shape index (κ2) is 8.45. The first-order valence-corrected chi connectivity index (χ1v) is 11.0. The van der Waals surface area contributed by atoms with Crippen LogP contribution in [0, 0.1) is 0 Å². The van der Waals surface area contributed by atoms with Crippen molar-refractivity contribution < 1.29 is 32.0 Å². The third-order valence-corrected chi connectivity index (χ3v) is 6.15. The van der Waals surface area contributed by atoms with Gasteiger partial charge in [-0.1, -0.05) is 23.2 Å². The Morgan fingerprint density at radius 2 is 1.92 bits per heavy atom. The Bertz CT molecular complexity index is 1530. The number of carbonyl (C=O) groups is 1. The van der Waals surface area contributed by atoms with Gasteiger partial charge in [-0.05, 0) is 42.3 Å². The minimum Gasteiger partial charge on any atom is -0.468 e. The molecule has 15 heteroatoms. The monoisotopic (exact) mass is 543 g/mol. The fourth-order valence-corrected chi connectivity index (χ4v) is 4.33. The molecule has 1 aliphatic rings. The van der Waals surface area contributed by atoms with Gasteiger partial charge in [0.1, 0.15) is 11.3 Å². The summed E-state index contributed by atoms with van der Waals surface area (Å²) in [5.41, 5.74) is -1.49. The minimum atomic E-state index is -4.50. The first kappa shape index (κ1) is 24.0. The Morgan fingerprint density at radius 3 is 2.47 bits per heavy atom. The van der Waals surface area contributed by atoms with E-state index in [2.05, 4.69) is 25.0 Å². The van der Waals surface area contributed by atoms with Crippen LogP contribution in [-0.4, -0.2) is 38.9 Å². The van der Waals surface area contributed by atoms with Crippen LogP contribution in [0.15, 0.2) is 39.6 Å². The Balaban J connectivity index is 1.46. The van der Waals surface area contributed by atoms with Gasteiger partial charge in [-0.25, -0.2) is 4.79 Å². The van der Waals surface area contributed by atoms with Gasteiger partial charge in [-0.3, -0.25) is 18.9 Å². The molecule has 2 heterocycles. The van der Waals surface area contributed by atoms with E-state index in [1.807, 2.05) is 0 Å². The van der Waals surface area contributed by atoms with Crippen LogP contribution in [0.1, 0.15) is 23.5 Å². The molecule has 1 fully saturated rings. The highest BCUT2D eigenvalue weighted by molar-refractivity contribution is 6.37. The molecule has 5 rings (SSSR count). The molecule has 36 heavy (non-hydrogen) atoms. The summed E-state index contributed by atoms with van der Waals surface area (Å²) >= 11 is 12.6. The van der Waals surface area contributed by atoms with Crippen LogP contribution in [0.4, 0.5) is 18.9 Å². The number of H-pyrrole nitrogens is 1. The van der Waals surface area contributed by atoms with Gasteiger partial charge in [0.15, 0.2) is 5.75 Å². The Kier molecular flexibility index (Phi) is 5.63. The number of aromatic amines is 1. The van der Waals surface area contributed by atoms with Crippen LogP contribution in [0.25, 0.3) is 11.0 Å². The highest BCUT2D eigenvalue weighted by atomic mass is 35.5. The fraction of sp³-hybridized carbons (Fsp3) is 0.238. The van der Waals surface area contributed by atoms with Gasteiger partial charge in [0, 0.05) is 11.8 Å². The van der Waals surface area contributed by atoms with Crippen molar-refractivity contribution in [3.05, 3.63) is 56.8 Å². The molecule has 1 saturated carbocycles. The lowest BCUT2D eigenvalue weighted by molar-refractivity contribution is -0.179. The van der Waals surface area contributed by atoms with E-state index in [4.69, 9.17) is 32.7 Å². The van der Waals surface area contributed by atoms with Crippen molar-refractivity contribution in [3.63, 3.8) is 0 Å². The highest BCUT2D eigenvalue weighted by Gasteiger charge is 2.66. The maximum Gasteiger partial charge on any atom is 0.439 e. The number of nitrogens with one attached hydrogen (secondary N) is 2. The van der Waals surface area contributed by atoms with Gasteiger partial charge in [-0.15, -0.1) is 0 Å². The number of ether oxygens (including phenoxy) is 2. The number of benzene rings is 2. The lowest BCUT2D eigenvalue weighted by Crippen LogP contribution is -2.35. The third kappa shape index (κ3) is 4.03. The first-order valence-electron chi connectivity index (χ1n) is 10.2. The second-order valence-corrected chi connectivity index (χ2v) is 8.70. The zero-order valence-electron chi connectivity index (χ0n) is 18.1. The van der Waals surface area contributed by atoms with Crippen molar-refractivity contribution in [1.29, 1.82) is 0 Å². The van der Waals surface area contributed by atoms with Gasteiger partial charge >= 0.3 is 11.9 Å². The average Bonchev–Trinajstić information content (AvgIpc) is 3.37. The number of carbonyl (C=O) groups excluding carboxylic acids is 1. The summed E-state index contributed by atoms with van der Waals surface area (Å²) in [6, 6.07) is 6.86. The van der Waals surface area contributed by atoms with E-state index in [9.17, 15) is 22.8 Å². The van der Waals surface area contributed by atoms with E-state index in [1.165, 1.54) is 37.4 Å². The molecule has 0 bridgehead atoms. The van der Waals surface area contributed by atoms with Crippen LogP contribution in [0.3, 0.4) is 0 Å². The lowest BCUT2D eigenvalue weighted by atomic mass is 10.2. The molecule has 10 nitrogen and oxygen atoms in total. The summed E-state index contributed by atoms with van der Waals surface area (Å²) < 4.78 is 57.8. The number of imidazole rings is 1. The van der Waals surface area contributed by atoms with E-state index in [0.29, 0.717) is 0 Å². The van der Waals surface area contributed by atoms with Crippen LogP contribution in [0.5, 0.6) is 17.5 Å². The van der Waals surface area contributed by atoms with E-state index in [-0.39, 0.29) is 62.9 Å². The fourth-order valence-electron chi connectivity index (χ4n) is 3.76. The van der Waals surface area contributed by atoms with E-state index < -0.39 is 23.4 Å². The Morgan fingerprint density at radius 1 is 1.22 bits per heavy atom. The Labute approximate surface area is 208 Å². The number of nitrogens with zero attached hydrogens (tertiary/aromatic N) is 3. The van der Waals surface area contributed by atoms with Crippen LogP contribution in [-0.2, 0) is 5.54 Å². The number of fused-ring (bicyclic) bond motifs is 1. The zero-order valence-corrected chi connectivity index (χ0v) is 19.6. The molecular weight excluding hydrogens is 530 g/mol. The third-order valence-electron chi connectivity index (χ3n) is 5.59. The van der Waals surface area contributed by atoms with Gasteiger partial charge in [-0.2, -0.15) is 18.2 Å². The minimum absolute atomic E-state index is 0.000474. The normalized spacial score (nSPS) is 14.6. The summed E-state index contributed by atoms with van der Waals surface area (Å²) in [6.07, 6.45) is -4.70.